The zero-order valence-electron chi connectivity index (χ0n) is 14.5. The average molecular weight is 382 g/mol. The number of hydrogen-bond donors (Lipinski definition) is 2. The van der Waals surface area contributed by atoms with Crippen molar-refractivity contribution in [3.8, 4) is 0 Å². The number of nitrogens with one attached hydrogen (secondary N) is 2. The molecule has 0 aliphatic carbocycles. The number of amides is 2. The van der Waals surface area contributed by atoms with Gasteiger partial charge in [0, 0.05) is 25.4 Å². The van der Waals surface area contributed by atoms with Crippen LogP contribution in [-0.2, 0) is 16.6 Å². The van der Waals surface area contributed by atoms with E-state index in [1.807, 2.05) is 0 Å². The topological polar surface area (TPSA) is 79.3 Å². The summed E-state index contributed by atoms with van der Waals surface area (Å²) in [5.41, 5.74) is 0.945. The number of rotatable bonds is 5. The maximum absolute atomic E-state index is 13.9. The fraction of sp³-hybridized carbons (Fsp3) is 0.353. The lowest BCUT2D eigenvalue weighted by Crippen LogP contribution is -2.45. The third-order valence-electron chi connectivity index (χ3n) is 4.27. The first-order valence-electron chi connectivity index (χ1n) is 8.03. The third-order valence-corrected chi connectivity index (χ3v) is 4.27. The highest BCUT2D eigenvalue weighted by molar-refractivity contribution is 6.01. The van der Waals surface area contributed by atoms with Crippen molar-refractivity contribution >= 4 is 29.9 Å². The van der Waals surface area contributed by atoms with Crippen LogP contribution in [0.2, 0.25) is 0 Å². The van der Waals surface area contributed by atoms with E-state index in [4.69, 9.17) is 0 Å². The zero-order chi connectivity index (χ0) is 18.0. The van der Waals surface area contributed by atoms with Crippen molar-refractivity contribution in [1.82, 2.24) is 20.4 Å². The van der Waals surface area contributed by atoms with Crippen molar-refractivity contribution in [3.05, 3.63) is 48.0 Å². The van der Waals surface area contributed by atoms with Gasteiger partial charge in [-0.05, 0) is 25.6 Å². The van der Waals surface area contributed by atoms with E-state index in [0.29, 0.717) is 18.5 Å². The second kappa shape index (κ2) is 8.29. The molecule has 0 spiro atoms. The van der Waals surface area contributed by atoms with E-state index >= 15 is 0 Å². The van der Waals surface area contributed by atoms with Crippen LogP contribution in [0.15, 0.2) is 36.7 Å². The van der Waals surface area contributed by atoms with Crippen molar-refractivity contribution in [1.29, 1.82) is 0 Å². The van der Waals surface area contributed by atoms with Crippen LogP contribution in [0, 0.1) is 5.82 Å². The molecule has 2 atom stereocenters. The Labute approximate surface area is 157 Å². The Bertz CT molecular complexity index is 797. The Morgan fingerprint density at radius 1 is 1.38 bits per heavy atom. The Morgan fingerprint density at radius 3 is 2.73 bits per heavy atom. The molecule has 3 rings (SSSR count). The summed E-state index contributed by atoms with van der Waals surface area (Å²) in [4.78, 5) is 26.5. The predicted molar refractivity (Wildman–Crippen MR) is 97.6 cm³/mol. The molecule has 7 nitrogen and oxygen atoms in total. The lowest BCUT2D eigenvalue weighted by Gasteiger charge is -2.20. The number of nitrogens with zero attached hydrogens (tertiary/aromatic N) is 3. The fourth-order valence-corrected chi connectivity index (χ4v) is 3.02. The molecular formula is C17H21ClFN5O2. The van der Waals surface area contributed by atoms with Gasteiger partial charge in [0.1, 0.15) is 17.9 Å². The first-order valence-corrected chi connectivity index (χ1v) is 8.03. The molecule has 2 aromatic rings. The Kier molecular flexibility index (Phi) is 6.33. The van der Waals surface area contributed by atoms with Crippen LogP contribution in [0.25, 0.3) is 0 Å². The predicted octanol–water partition coefficient (Wildman–Crippen LogP) is 1.16. The molecule has 1 fully saturated rings. The number of para-hydroxylation sites is 1. The van der Waals surface area contributed by atoms with Crippen molar-refractivity contribution < 1.29 is 14.0 Å². The smallest absolute Gasteiger partial charge is 0.249 e. The zero-order valence-corrected chi connectivity index (χ0v) is 15.3. The minimum atomic E-state index is -0.667. The van der Waals surface area contributed by atoms with Gasteiger partial charge in [0.15, 0.2) is 0 Å². The lowest BCUT2D eigenvalue weighted by atomic mass is 10.1. The minimum Gasteiger partial charge on any atom is -0.343 e. The first-order chi connectivity index (χ1) is 12.0. The van der Waals surface area contributed by atoms with Gasteiger partial charge in [0.2, 0.25) is 11.8 Å². The molecule has 0 bridgehead atoms. The van der Waals surface area contributed by atoms with E-state index in [1.54, 1.807) is 49.4 Å². The summed E-state index contributed by atoms with van der Waals surface area (Å²) >= 11 is 0. The van der Waals surface area contributed by atoms with Gasteiger partial charge in [-0.1, -0.05) is 12.1 Å². The molecule has 2 unspecified atom stereocenters. The number of anilines is 1. The van der Waals surface area contributed by atoms with Crippen LogP contribution in [-0.4, -0.2) is 41.2 Å². The second-order valence-electron chi connectivity index (χ2n) is 5.96. The molecular weight excluding hydrogens is 361 g/mol. The largest absolute Gasteiger partial charge is 0.343 e. The Hall–Kier alpha value is -2.45. The summed E-state index contributed by atoms with van der Waals surface area (Å²) < 4.78 is 15.5. The van der Waals surface area contributed by atoms with Gasteiger partial charge in [-0.2, -0.15) is 5.10 Å². The number of benzene rings is 1. The summed E-state index contributed by atoms with van der Waals surface area (Å²) in [6.07, 6.45) is 3.77. The van der Waals surface area contributed by atoms with Gasteiger partial charge in [-0.15, -0.1) is 12.4 Å². The number of likely N-dealkylation sites (N-methyl/N-ethyl adjacent to an activating group) is 1. The van der Waals surface area contributed by atoms with Crippen molar-refractivity contribution in [2.75, 3.05) is 18.5 Å². The number of halogens is 2. The second-order valence-corrected chi connectivity index (χ2v) is 5.96. The maximum Gasteiger partial charge on any atom is 0.249 e. The number of carbonyl (C=O) groups is 2. The first kappa shape index (κ1) is 19.9. The molecule has 2 N–H and O–H groups in total. The number of aromatic nitrogens is 2. The SMILES string of the molecule is CNC(C(=O)NC1CCN(c2ccccc2F)C1=O)c1cnn(C)c1.Cl. The van der Waals surface area contributed by atoms with Crippen LogP contribution in [0.1, 0.15) is 18.0 Å². The Morgan fingerprint density at radius 2 is 2.12 bits per heavy atom. The summed E-state index contributed by atoms with van der Waals surface area (Å²) in [5, 5.41) is 9.73. The molecule has 2 amide bonds. The number of hydrogen-bond acceptors (Lipinski definition) is 4. The molecule has 140 valence electrons. The minimum absolute atomic E-state index is 0. The lowest BCUT2D eigenvalue weighted by molar-refractivity contribution is -0.127. The highest BCUT2D eigenvalue weighted by Crippen LogP contribution is 2.24. The van der Waals surface area contributed by atoms with Gasteiger partial charge in [-0.3, -0.25) is 14.3 Å². The fourth-order valence-electron chi connectivity index (χ4n) is 3.02. The van der Waals surface area contributed by atoms with Gasteiger partial charge in [0.25, 0.3) is 0 Å². The van der Waals surface area contributed by atoms with E-state index in [9.17, 15) is 14.0 Å². The highest BCUT2D eigenvalue weighted by Gasteiger charge is 2.36. The van der Waals surface area contributed by atoms with E-state index in [-0.39, 0.29) is 29.9 Å². The monoisotopic (exact) mass is 381 g/mol. The van der Waals surface area contributed by atoms with Crippen LogP contribution < -0.4 is 15.5 Å². The van der Waals surface area contributed by atoms with Crippen molar-refractivity contribution in [2.45, 2.75) is 18.5 Å². The van der Waals surface area contributed by atoms with E-state index < -0.39 is 17.9 Å². The molecule has 0 radical (unpaired) electrons. The van der Waals surface area contributed by atoms with Crippen LogP contribution in [0.4, 0.5) is 10.1 Å². The average Bonchev–Trinajstić information content (AvgIpc) is 3.16. The number of carbonyl (C=O) groups excluding carboxylic acids is 2. The molecule has 9 heteroatoms. The molecule has 26 heavy (non-hydrogen) atoms. The molecule has 1 aromatic heterocycles. The highest BCUT2D eigenvalue weighted by atomic mass is 35.5. The van der Waals surface area contributed by atoms with Gasteiger partial charge >= 0.3 is 0 Å². The summed E-state index contributed by atoms with van der Waals surface area (Å²) in [7, 11) is 3.43. The maximum atomic E-state index is 13.9. The molecule has 1 aromatic carbocycles. The van der Waals surface area contributed by atoms with Crippen molar-refractivity contribution in [3.63, 3.8) is 0 Å². The molecule has 1 aliphatic heterocycles. The normalized spacial score (nSPS) is 17.7. The van der Waals surface area contributed by atoms with Crippen molar-refractivity contribution in [2.24, 2.45) is 7.05 Å². The van der Waals surface area contributed by atoms with Crippen LogP contribution in [0.3, 0.4) is 0 Å². The van der Waals surface area contributed by atoms with Crippen LogP contribution in [0.5, 0.6) is 0 Å². The summed E-state index contributed by atoms with van der Waals surface area (Å²) in [5.74, 6) is -1.07. The summed E-state index contributed by atoms with van der Waals surface area (Å²) in [6, 6.07) is 4.85. The Balaban J connectivity index is 0.00000243. The molecule has 1 saturated heterocycles. The van der Waals surface area contributed by atoms with E-state index in [0.717, 1.165) is 0 Å². The summed E-state index contributed by atoms with van der Waals surface area (Å²) in [6.45, 7) is 0.363. The van der Waals surface area contributed by atoms with E-state index in [2.05, 4.69) is 15.7 Å². The van der Waals surface area contributed by atoms with Gasteiger partial charge < -0.3 is 15.5 Å². The number of aryl methyl sites for hydroxylation is 1. The molecule has 2 heterocycles. The molecule has 0 saturated carbocycles. The van der Waals surface area contributed by atoms with Crippen LogP contribution >= 0.6 is 12.4 Å². The van der Waals surface area contributed by atoms with E-state index in [1.165, 1.54) is 11.0 Å². The quantitative estimate of drug-likeness (QED) is 0.814. The molecule has 1 aliphatic rings. The van der Waals surface area contributed by atoms with Gasteiger partial charge in [-0.25, -0.2) is 4.39 Å². The third kappa shape index (κ3) is 3.86. The standard InChI is InChI=1S/C17H20FN5O2.ClH/c1-19-15(11-9-20-22(2)10-11)16(24)21-13-7-8-23(17(13)25)14-6-4-3-5-12(14)18;/h3-6,9-10,13,15,19H,7-8H2,1-2H3,(H,21,24);1H. The van der Waals surface area contributed by atoms with Gasteiger partial charge in [0.05, 0.1) is 11.9 Å².